The third-order valence-electron chi connectivity index (χ3n) is 5.56. The minimum atomic E-state index is -4.30. The summed E-state index contributed by atoms with van der Waals surface area (Å²) >= 11 is 0.945. The van der Waals surface area contributed by atoms with Crippen LogP contribution in [0.25, 0.3) is 10.4 Å². The Kier molecular flexibility index (Phi) is 11.5. The van der Waals surface area contributed by atoms with E-state index in [-0.39, 0.29) is 15.3 Å². The maximum Gasteiger partial charge on any atom is 0.696 e. The Morgan fingerprint density at radius 3 is 2.45 bits per heavy atom. The number of rotatable bonds is 15. The quantitative estimate of drug-likeness (QED) is 0.112. The Morgan fingerprint density at radius 1 is 1.12 bits per heavy atom. The molecule has 0 aliphatic heterocycles. The van der Waals surface area contributed by atoms with Crippen molar-refractivity contribution in [2.24, 2.45) is 11.5 Å². The monoisotopic (exact) mass is 611 g/mol. The van der Waals surface area contributed by atoms with Gasteiger partial charge < -0.3 is 20.9 Å². The lowest BCUT2D eigenvalue weighted by Gasteiger charge is -2.17. The average molecular weight is 612 g/mol. The van der Waals surface area contributed by atoms with Crippen molar-refractivity contribution in [3.8, 4) is 28.0 Å². The zero-order valence-electron chi connectivity index (χ0n) is 21.5. The lowest BCUT2D eigenvalue weighted by Crippen LogP contribution is -2.29. The van der Waals surface area contributed by atoms with Gasteiger partial charge in [0.05, 0.1) is 18.8 Å². The molecular formula is C25H29FN4O7PS2+. The Morgan fingerprint density at radius 2 is 1.82 bits per heavy atom. The molecule has 0 amide bonds. The van der Waals surface area contributed by atoms with E-state index in [0.717, 1.165) is 29.0 Å². The zero-order chi connectivity index (χ0) is 29.3. The number of ether oxygens (including phenoxy) is 2. The molecule has 11 nitrogen and oxygen atoms in total. The normalized spacial score (nSPS) is 12.6. The molecule has 0 fully saturated rings. The molecule has 1 aromatic heterocycles. The van der Waals surface area contributed by atoms with Gasteiger partial charge in [0.15, 0.2) is 11.5 Å². The molecule has 0 aliphatic rings. The van der Waals surface area contributed by atoms with E-state index >= 15 is 0 Å². The Labute approximate surface area is 236 Å². The van der Waals surface area contributed by atoms with Gasteiger partial charge in [0.2, 0.25) is 6.23 Å². The summed E-state index contributed by atoms with van der Waals surface area (Å²) in [6.45, 7) is 3.53. The predicted octanol–water partition coefficient (Wildman–Crippen LogP) is 3.83. The van der Waals surface area contributed by atoms with Crippen LogP contribution in [0.2, 0.25) is 0 Å². The molecule has 0 aliphatic carbocycles. The molecule has 1 heterocycles. The van der Waals surface area contributed by atoms with Crippen LogP contribution >= 0.6 is 19.6 Å². The summed E-state index contributed by atoms with van der Waals surface area (Å²) in [5, 5.41) is 8.94. The SMILES string of the molecule is Cc1c(-c2ccc(S(=O)(=O)NC(O[P+](=O)O)c3ccc(C#N)c(F)c3)s2)ccc(OCCCN)c1OCCCN. The van der Waals surface area contributed by atoms with Crippen LogP contribution in [-0.4, -0.2) is 39.6 Å². The van der Waals surface area contributed by atoms with Crippen molar-refractivity contribution in [1.82, 2.24) is 4.72 Å². The van der Waals surface area contributed by atoms with Gasteiger partial charge in [0.25, 0.3) is 10.0 Å². The van der Waals surface area contributed by atoms with Gasteiger partial charge in [-0.15, -0.1) is 16.2 Å². The molecule has 15 heteroatoms. The minimum absolute atomic E-state index is 0.102. The predicted molar refractivity (Wildman–Crippen MR) is 148 cm³/mol. The summed E-state index contributed by atoms with van der Waals surface area (Å²) in [5.74, 6) is 0.113. The number of halogens is 1. The molecule has 2 atom stereocenters. The largest absolute Gasteiger partial charge is 0.696 e. The molecule has 3 aromatic rings. The van der Waals surface area contributed by atoms with Gasteiger partial charge >= 0.3 is 8.25 Å². The van der Waals surface area contributed by atoms with Crippen LogP contribution in [0, 0.1) is 24.1 Å². The molecule has 2 aromatic carbocycles. The number of nitrogens with one attached hydrogen (secondary N) is 1. The number of hydrogen-bond acceptors (Lipinski definition) is 10. The topological polar surface area (TPSA) is 187 Å². The smallest absolute Gasteiger partial charge is 0.490 e. The van der Waals surface area contributed by atoms with Gasteiger partial charge in [-0.25, -0.2) is 12.8 Å². The van der Waals surface area contributed by atoms with Crippen molar-refractivity contribution in [2.75, 3.05) is 26.3 Å². The second-order valence-electron chi connectivity index (χ2n) is 8.36. The molecule has 0 bridgehead atoms. The van der Waals surface area contributed by atoms with Crippen molar-refractivity contribution >= 4 is 29.6 Å². The Hall–Kier alpha value is -2.99. The third kappa shape index (κ3) is 8.03. The number of nitriles is 1. The molecule has 0 radical (unpaired) electrons. The molecule has 3 rings (SSSR count). The van der Waals surface area contributed by atoms with E-state index in [4.69, 9.17) is 30.7 Å². The molecule has 6 N–H and O–H groups in total. The maximum absolute atomic E-state index is 14.2. The van der Waals surface area contributed by atoms with Crippen LogP contribution in [-0.2, 0) is 19.1 Å². The van der Waals surface area contributed by atoms with Crippen LogP contribution in [0.5, 0.6) is 11.5 Å². The van der Waals surface area contributed by atoms with Crippen LogP contribution in [0.3, 0.4) is 0 Å². The Bertz CT molecular complexity index is 1490. The molecule has 2 unspecified atom stereocenters. The highest BCUT2D eigenvalue weighted by Gasteiger charge is 2.31. The van der Waals surface area contributed by atoms with Gasteiger partial charge in [-0.3, -0.25) is 0 Å². The van der Waals surface area contributed by atoms with Crippen LogP contribution in [0.15, 0.2) is 46.7 Å². The van der Waals surface area contributed by atoms with Gasteiger partial charge in [0.1, 0.15) is 16.1 Å². The summed E-state index contributed by atoms with van der Waals surface area (Å²) in [6.07, 6.45) is -0.405. The standard InChI is InChI=1S/C25H28FN4O7PS2/c1-16-19(6-7-21(35-12-2-10-27)24(16)36-13-3-11-28)22-8-9-23(39-22)40(33,34)30-25(37-38(31)32)17-4-5-18(15-29)20(26)14-17/h4-9,14,25,30H,2-3,10-13,27-28H2,1H3/p+1. The van der Waals surface area contributed by atoms with Crippen molar-refractivity contribution in [3.05, 3.63) is 65.0 Å². The van der Waals surface area contributed by atoms with E-state index in [2.05, 4.69) is 4.72 Å². The molecular weight excluding hydrogens is 582 g/mol. The zero-order valence-corrected chi connectivity index (χ0v) is 24.0. The number of hydrogen-bond donors (Lipinski definition) is 4. The fourth-order valence-electron chi connectivity index (χ4n) is 3.58. The van der Waals surface area contributed by atoms with E-state index in [0.29, 0.717) is 61.1 Å². The highest BCUT2D eigenvalue weighted by molar-refractivity contribution is 7.91. The van der Waals surface area contributed by atoms with Gasteiger partial charge in [-0.2, -0.15) is 9.98 Å². The van der Waals surface area contributed by atoms with Crippen LogP contribution in [0.1, 0.15) is 35.8 Å². The van der Waals surface area contributed by atoms with Gasteiger partial charge in [-0.1, -0.05) is 10.6 Å². The Balaban J connectivity index is 1.92. The first kappa shape index (κ1) is 31.5. The maximum atomic E-state index is 14.2. The van der Waals surface area contributed by atoms with E-state index in [1.54, 1.807) is 24.3 Å². The lowest BCUT2D eigenvalue weighted by molar-refractivity contribution is 0.181. The third-order valence-corrected chi connectivity index (χ3v) is 8.96. The molecule has 40 heavy (non-hydrogen) atoms. The average Bonchev–Trinajstić information content (AvgIpc) is 3.41. The van der Waals surface area contributed by atoms with Crippen molar-refractivity contribution in [1.29, 1.82) is 5.26 Å². The fourth-order valence-corrected chi connectivity index (χ4v) is 6.51. The van der Waals surface area contributed by atoms with E-state index in [9.17, 15) is 22.3 Å². The second-order valence-corrected chi connectivity index (χ2v) is 12.1. The summed E-state index contributed by atoms with van der Waals surface area (Å²) in [7, 11) is -7.56. The highest BCUT2D eigenvalue weighted by atomic mass is 32.2. The van der Waals surface area contributed by atoms with E-state index in [1.807, 2.05) is 6.92 Å². The van der Waals surface area contributed by atoms with Crippen molar-refractivity contribution in [2.45, 2.75) is 30.2 Å². The number of sulfonamides is 1. The number of thiophene rings is 1. The first-order valence-corrected chi connectivity index (χ1v) is 15.5. The number of nitrogens with zero attached hydrogens (tertiary/aromatic N) is 1. The molecule has 0 saturated heterocycles. The summed E-state index contributed by atoms with van der Waals surface area (Å²) in [4.78, 5) is 9.87. The number of benzene rings is 2. The van der Waals surface area contributed by atoms with E-state index in [1.165, 1.54) is 12.1 Å². The highest BCUT2D eigenvalue weighted by Crippen LogP contribution is 2.41. The van der Waals surface area contributed by atoms with Crippen molar-refractivity contribution in [3.63, 3.8) is 0 Å². The first-order valence-electron chi connectivity index (χ1n) is 12.1. The van der Waals surface area contributed by atoms with Crippen LogP contribution in [0.4, 0.5) is 4.39 Å². The summed E-state index contributed by atoms with van der Waals surface area (Å²) in [5.41, 5.74) is 12.2. The van der Waals surface area contributed by atoms with Crippen LogP contribution < -0.4 is 25.7 Å². The number of nitrogens with two attached hydrogens (primary N) is 2. The first-order chi connectivity index (χ1) is 19.1. The summed E-state index contributed by atoms with van der Waals surface area (Å²) in [6, 6.07) is 11.4. The van der Waals surface area contributed by atoms with Gasteiger partial charge in [-0.05, 0) is 74.8 Å². The lowest BCUT2D eigenvalue weighted by atomic mass is 10.1. The fraction of sp³-hybridized carbons (Fsp3) is 0.320. The second kappa shape index (κ2) is 14.6. The van der Waals surface area contributed by atoms with Crippen molar-refractivity contribution < 1.29 is 36.3 Å². The van der Waals surface area contributed by atoms with E-state index < -0.39 is 30.3 Å². The molecule has 0 spiro atoms. The molecule has 0 saturated carbocycles. The molecule has 214 valence electrons. The minimum Gasteiger partial charge on any atom is -0.490 e. The van der Waals surface area contributed by atoms with Gasteiger partial charge in [0, 0.05) is 20.6 Å². The summed E-state index contributed by atoms with van der Waals surface area (Å²) < 4.78 is 70.7.